The first-order valence-corrected chi connectivity index (χ1v) is 18.0. The molecule has 0 aliphatic carbocycles. The number of benzene rings is 7. The lowest BCUT2D eigenvalue weighted by atomic mass is 9.96. The van der Waals surface area contributed by atoms with Gasteiger partial charge in [0.05, 0.1) is 33.5 Å². The van der Waals surface area contributed by atoms with Crippen molar-refractivity contribution in [2.45, 2.75) is 0 Å². The highest BCUT2D eigenvalue weighted by molar-refractivity contribution is 6.24. The van der Waals surface area contributed by atoms with Crippen LogP contribution in [0.1, 0.15) is 0 Å². The smallest absolute Gasteiger partial charge is 0.138 e. The fraction of sp³-hybridized carbons (Fsp3) is 0. The molecule has 0 aliphatic rings. The van der Waals surface area contributed by atoms with Crippen molar-refractivity contribution in [3.8, 4) is 33.8 Å². The van der Waals surface area contributed by atoms with Crippen LogP contribution in [0.4, 0.5) is 0 Å². The zero-order chi connectivity index (χ0) is 35.3. The number of rotatable bonds is 3. The van der Waals surface area contributed by atoms with Crippen LogP contribution >= 0.6 is 0 Å². The van der Waals surface area contributed by atoms with Crippen LogP contribution in [0.5, 0.6) is 0 Å². The molecule has 0 unspecified atom stereocenters. The maximum atomic E-state index is 6.11. The zero-order valence-electron chi connectivity index (χ0n) is 28.7. The van der Waals surface area contributed by atoms with Gasteiger partial charge in [0.2, 0.25) is 0 Å². The van der Waals surface area contributed by atoms with E-state index in [9.17, 15) is 0 Å². The van der Waals surface area contributed by atoms with Gasteiger partial charge in [-0.1, -0.05) is 97.1 Å². The molecule has 0 saturated heterocycles. The summed E-state index contributed by atoms with van der Waals surface area (Å²) in [6.07, 6.45) is 3.96. The summed E-state index contributed by atoms with van der Waals surface area (Å²) in [7, 11) is 0. The van der Waals surface area contributed by atoms with E-state index in [2.05, 4.69) is 132 Å². The van der Waals surface area contributed by atoms with Crippen LogP contribution in [0, 0.1) is 0 Å². The molecule has 5 aromatic heterocycles. The third-order valence-electron chi connectivity index (χ3n) is 10.8. The van der Waals surface area contributed by atoms with Crippen LogP contribution in [-0.2, 0) is 0 Å². The molecular weight excluding hydrogens is 663 g/mol. The van der Waals surface area contributed by atoms with Crippen LogP contribution in [0.25, 0.3) is 116 Å². The number of hydrogen-bond acceptors (Lipinski definition) is 5. The Morgan fingerprint density at radius 1 is 0.444 bits per heavy atom. The normalized spacial score (nSPS) is 12.1. The molecule has 5 heterocycles. The van der Waals surface area contributed by atoms with Gasteiger partial charge in [-0.15, -0.1) is 0 Å². The fourth-order valence-electron chi connectivity index (χ4n) is 8.29. The molecule has 6 nitrogen and oxygen atoms in total. The Kier molecular flexibility index (Phi) is 5.96. The number of fused-ring (bicyclic) bond motifs is 14. The van der Waals surface area contributed by atoms with Crippen molar-refractivity contribution in [1.29, 1.82) is 0 Å². The molecule has 0 N–H and O–H groups in total. The molecule has 0 radical (unpaired) electrons. The molecule has 0 fully saturated rings. The van der Waals surface area contributed by atoms with Crippen LogP contribution in [0.15, 0.2) is 168 Å². The number of pyridine rings is 2. The van der Waals surface area contributed by atoms with Gasteiger partial charge < -0.3 is 4.42 Å². The summed E-state index contributed by atoms with van der Waals surface area (Å²) in [6.45, 7) is 0. The molecule has 0 amide bonds. The van der Waals surface area contributed by atoms with E-state index in [1.54, 1.807) is 0 Å². The number of hydrogen-bond donors (Lipinski definition) is 0. The van der Waals surface area contributed by atoms with Gasteiger partial charge in [0.25, 0.3) is 0 Å². The third-order valence-corrected chi connectivity index (χ3v) is 10.8. The second-order valence-corrected chi connectivity index (χ2v) is 13.9. The van der Waals surface area contributed by atoms with Crippen LogP contribution < -0.4 is 0 Å². The minimum absolute atomic E-state index is 0.758. The lowest BCUT2D eigenvalue weighted by Crippen LogP contribution is -1.98. The van der Waals surface area contributed by atoms with E-state index in [0.717, 1.165) is 116 Å². The van der Waals surface area contributed by atoms with Crippen LogP contribution in [0.3, 0.4) is 0 Å². The molecule has 7 aromatic carbocycles. The average molecular weight is 690 g/mol. The Morgan fingerprint density at radius 3 is 2.11 bits per heavy atom. The zero-order valence-corrected chi connectivity index (χ0v) is 28.7. The summed E-state index contributed by atoms with van der Waals surface area (Å²) < 4.78 is 8.33. The molecule has 0 atom stereocenters. The molecule has 12 aromatic rings. The Labute approximate surface area is 307 Å². The minimum Gasteiger partial charge on any atom is -0.456 e. The Hall–Kier alpha value is -7.44. The van der Waals surface area contributed by atoms with Gasteiger partial charge >= 0.3 is 0 Å². The van der Waals surface area contributed by atoms with Gasteiger partial charge in [0, 0.05) is 44.9 Å². The molecule has 0 spiro atoms. The topological polar surface area (TPSA) is 69.1 Å². The van der Waals surface area contributed by atoms with Crippen molar-refractivity contribution in [3.63, 3.8) is 0 Å². The van der Waals surface area contributed by atoms with Gasteiger partial charge in [-0.05, 0) is 81.9 Å². The van der Waals surface area contributed by atoms with E-state index in [1.165, 1.54) is 0 Å². The highest BCUT2D eigenvalue weighted by atomic mass is 16.3. The van der Waals surface area contributed by atoms with Crippen LogP contribution in [-0.4, -0.2) is 24.3 Å². The monoisotopic (exact) mass is 689 g/mol. The lowest BCUT2D eigenvalue weighted by molar-refractivity contribution is 0.669. The first kappa shape index (κ1) is 29.2. The minimum atomic E-state index is 0.758. The summed E-state index contributed by atoms with van der Waals surface area (Å²) >= 11 is 0. The number of imidazole rings is 1. The number of nitrogens with zero attached hydrogens (tertiary/aromatic N) is 5. The fourth-order valence-corrected chi connectivity index (χ4v) is 8.29. The number of aromatic nitrogens is 5. The van der Waals surface area contributed by atoms with Gasteiger partial charge in [-0.2, -0.15) is 0 Å². The van der Waals surface area contributed by atoms with E-state index in [0.29, 0.717) is 0 Å². The van der Waals surface area contributed by atoms with Gasteiger partial charge in [0.15, 0.2) is 0 Å². The van der Waals surface area contributed by atoms with E-state index in [1.807, 2.05) is 36.5 Å². The molecule has 250 valence electrons. The molecular formula is C48H27N5O. The highest BCUT2D eigenvalue weighted by Gasteiger charge is 2.20. The summed E-state index contributed by atoms with van der Waals surface area (Å²) in [5.41, 5.74) is 12.0. The van der Waals surface area contributed by atoms with Gasteiger partial charge in [0.1, 0.15) is 22.5 Å². The second kappa shape index (κ2) is 11.0. The molecule has 0 aliphatic heterocycles. The van der Waals surface area contributed by atoms with Gasteiger partial charge in [-0.25, -0.2) is 15.0 Å². The largest absolute Gasteiger partial charge is 0.456 e. The summed E-state index contributed by atoms with van der Waals surface area (Å²) in [4.78, 5) is 20.6. The first-order chi connectivity index (χ1) is 26.7. The van der Waals surface area contributed by atoms with E-state index < -0.39 is 0 Å². The highest BCUT2D eigenvalue weighted by Crippen LogP contribution is 2.40. The maximum Gasteiger partial charge on any atom is 0.138 e. The summed E-state index contributed by atoms with van der Waals surface area (Å²) in [6, 6.07) is 52.6. The van der Waals surface area contributed by atoms with E-state index in [-0.39, 0.29) is 0 Å². The van der Waals surface area contributed by atoms with Crippen molar-refractivity contribution < 1.29 is 4.42 Å². The molecule has 0 bridgehead atoms. The Balaban J connectivity index is 1.08. The van der Waals surface area contributed by atoms with E-state index in [4.69, 9.17) is 24.4 Å². The quantitative estimate of drug-likeness (QED) is 0.173. The lowest BCUT2D eigenvalue weighted by Gasteiger charge is -2.13. The average Bonchev–Trinajstić information content (AvgIpc) is 3.82. The molecule has 0 saturated carbocycles. The predicted octanol–water partition coefficient (Wildman–Crippen LogP) is 12.2. The molecule has 12 rings (SSSR count). The standard InChI is InChI=1S/C48H27N5O/c1-2-10-32-28(9-1)17-20-40-45(32)52-47(39-14-7-8-23-49-39)44(50-40)31-16-19-36-37(26-31)33-11-3-4-13-35(33)46-48(36)53-24-22-30(27-43(53)51-46)29-18-21-42-38(25-29)34-12-5-6-15-41(34)54-42/h1-27H. The Morgan fingerprint density at radius 2 is 1.20 bits per heavy atom. The van der Waals surface area contributed by atoms with Gasteiger partial charge in [-0.3, -0.25) is 9.38 Å². The van der Waals surface area contributed by atoms with Crippen molar-refractivity contribution in [2.75, 3.05) is 0 Å². The first-order valence-electron chi connectivity index (χ1n) is 18.0. The third kappa shape index (κ3) is 4.22. The summed E-state index contributed by atoms with van der Waals surface area (Å²) in [5.74, 6) is 0. The Bertz CT molecular complexity index is 3510. The number of furan rings is 1. The van der Waals surface area contributed by atoms with Crippen molar-refractivity contribution >= 4 is 82.0 Å². The predicted molar refractivity (Wildman–Crippen MR) is 220 cm³/mol. The van der Waals surface area contributed by atoms with Crippen molar-refractivity contribution in [3.05, 3.63) is 164 Å². The maximum absolute atomic E-state index is 6.11. The number of para-hydroxylation sites is 1. The summed E-state index contributed by atoms with van der Waals surface area (Å²) in [5, 5.41) is 8.94. The van der Waals surface area contributed by atoms with Crippen molar-refractivity contribution in [2.24, 2.45) is 0 Å². The SMILES string of the molecule is c1ccc(-c2nc3c(ccc4ccccc43)nc2-c2ccc3c(c2)c2ccccc2c2nc4cc(-c5ccc6oc7ccccc7c6c5)ccn4c32)nc1. The van der Waals surface area contributed by atoms with E-state index >= 15 is 0 Å². The second-order valence-electron chi connectivity index (χ2n) is 13.9. The van der Waals surface area contributed by atoms with Crippen LogP contribution in [0.2, 0.25) is 0 Å². The molecule has 6 heteroatoms. The van der Waals surface area contributed by atoms with Crippen molar-refractivity contribution in [1.82, 2.24) is 24.3 Å². The molecule has 54 heavy (non-hydrogen) atoms.